The standard InChI is InChI=1S/C25H28N2O2S/c1-19-6-5-7-22(16-19)27(25(28)23-8-3-4-9-24(23)29-2)21-10-13-26(14-11-21)17-20-12-15-30-18-20/h3-9,12,15-16,18,21H,10-11,13-14,17H2,1-2H3. The highest BCUT2D eigenvalue weighted by molar-refractivity contribution is 7.07. The molecule has 2 aromatic carbocycles. The fourth-order valence-electron chi connectivity index (χ4n) is 4.20. The normalized spacial score (nSPS) is 15.1. The molecule has 0 bridgehead atoms. The third-order valence-corrected chi connectivity index (χ3v) is 6.48. The van der Waals surface area contributed by atoms with E-state index in [9.17, 15) is 4.79 Å². The number of carbonyl (C=O) groups excluding carboxylic acids is 1. The number of piperidine rings is 1. The monoisotopic (exact) mass is 420 g/mol. The van der Waals surface area contributed by atoms with Crippen molar-refractivity contribution < 1.29 is 9.53 Å². The van der Waals surface area contributed by atoms with Gasteiger partial charge < -0.3 is 9.64 Å². The van der Waals surface area contributed by atoms with Gasteiger partial charge >= 0.3 is 0 Å². The van der Waals surface area contributed by atoms with Gasteiger partial charge in [0.25, 0.3) is 5.91 Å². The Labute approximate surface area is 182 Å². The smallest absolute Gasteiger partial charge is 0.262 e. The maximum atomic E-state index is 13.7. The van der Waals surface area contributed by atoms with Crippen molar-refractivity contribution in [1.29, 1.82) is 0 Å². The van der Waals surface area contributed by atoms with Crippen LogP contribution in [0.1, 0.15) is 34.3 Å². The molecule has 5 heteroatoms. The van der Waals surface area contributed by atoms with Gasteiger partial charge in [-0.15, -0.1) is 0 Å². The topological polar surface area (TPSA) is 32.8 Å². The summed E-state index contributed by atoms with van der Waals surface area (Å²) in [6.07, 6.45) is 1.91. The molecule has 1 aliphatic heterocycles. The fourth-order valence-corrected chi connectivity index (χ4v) is 4.86. The number of hydrogen-bond donors (Lipinski definition) is 0. The second-order valence-corrected chi connectivity index (χ2v) is 8.63. The highest BCUT2D eigenvalue weighted by Crippen LogP contribution is 2.29. The number of carbonyl (C=O) groups is 1. The molecule has 156 valence electrons. The Morgan fingerprint density at radius 1 is 1.13 bits per heavy atom. The number of amides is 1. The zero-order chi connectivity index (χ0) is 20.9. The van der Waals surface area contributed by atoms with Crippen molar-refractivity contribution in [2.24, 2.45) is 0 Å². The van der Waals surface area contributed by atoms with Crippen molar-refractivity contribution in [2.75, 3.05) is 25.1 Å². The molecule has 0 spiro atoms. The number of aryl methyl sites for hydroxylation is 1. The molecule has 1 amide bonds. The van der Waals surface area contributed by atoms with Crippen molar-refractivity contribution >= 4 is 22.9 Å². The molecule has 0 saturated carbocycles. The van der Waals surface area contributed by atoms with E-state index >= 15 is 0 Å². The number of para-hydroxylation sites is 1. The van der Waals surface area contributed by atoms with Gasteiger partial charge in [-0.05, 0) is 72.0 Å². The van der Waals surface area contributed by atoms with E-state index in [0.29, 0.717) is 11.3 Å². The first kappa shape index (κ1) is 20.6. The van der Waals surface area contributed by atoms with Crippen LogP contribution in [0.4, 0.5) is 5.69 Å². The molecule has 1 fully saturated rings. The van der Waals surface area contributed by atoms with E-state index in [0.717, 1.165) is 43.7 Å². The molecule has 0 N–H and O–H groups in total. The lowest BCUT2D eigenvalue weighted by atomic mass is 9.99. The van der Waals surface area contributed by atoms with Crippen LogP contribution in [0, 0.1) is 6.92 Å². The fraction of sp³-hybridized carbons (Fsp3) is 0.320. The zero-order valence-corrected chi connectivity index (χ0v) is 18.4. The number of rotatable bonds is 6. The first-order valence-electron chi connectivity index (χ1n) is 10.4. The van der Waals surface area contributed by atoms with Gasteiger partial charge in [-0.1, -0.05) is 24.3 Å². The van der Waals surface area contributed by atoms with E-state index in [2.05, 4.69) is 40.8 Å². The summed E-state index contributed by atoms with van der Waals surface area (Å²) in [7, 11) is 1.62. The highest BCUT2D eigenvalue weighted by Gasteiger charge is 2.31. The Balaban J connectivity index is 1.58. The number of methoxy groups -OCH3 is 1. The maximum absolute atomic E-state index is 13.7. The number of likely N-dealkylation sites (tertiary alicyclic amines) is 1. The number of nitrogens with zero attached hydrogens (tertiary/aromatic N) is 2. The Hall–Kier alpha value is -2.63. The Bertz CT molecular complexity index is 978. The molecule has 1 aliphatic rings. The van der Waals surface area contributed by atoms with Crippen molar-refractivity contribution in [3.63, 3.8) is 0 Å². The molecule has 1 saturated heterocycles. The largest absolute Gasteiger partial charge is 0.496 e. The van der Waals surface area contributed by atoms with Gasteiger partial charge in [0.15, 0.2) is 0 Å². The van der Waals surface area contributed by atoms with E-state index < -0.39 is 0 Å². The van der Waals surface area contributed by atoms with E-state index in [-0.39, 0.29) is 11.9 Å². The lowest BCUT2D eigenvalue weighted by Crippen LogP contribution is -2.47. The van der Waals surface area contributed by atoms with Crippen molar-refractivity contribution in [2.45, 2.75) is 32.4 Å². The van der Waals surface area contributed by atoms with E-state index in [4.69, 9.17) is 4.74 Å². The van der Waals surface area contributed by atoms with Gasteiger partial charge in [0.2, 0.25) is 0 Å². The third kappa shape index (κ3) is 4.58. The van der Waals surface area contributed by atoms with Crippen LogP contribution in [0.2, 0.25) is 0 Å². The molecule has 4 rings (SSSR count). The van der Waals surface area contributed by atoms with Gasteiger partial charge in [0, 0.05) is 31.4 Å². The van der Waals surface area contributed by atoms with Crippen molar-refractivity contribution in [3.05, 3.63) is 82.0 Å². The van der Waals surface area contributed by atoms with Gasteiger partial charge in [0.05, 0.1) is 12.7 Å². The number of thiophene rings is 1. The van der Waals surface area contributed by atoms with Crippen molar-refractivity contribution in [3.8, 4) is 5.75 Å². The number of ether oxygens (including phenoxy) is 1. The van der Waals surface area contributed by atoms with Gasteiger partial charge in [0.1, 0.15) is 5.75 Å². The summed E-state index contributed by atoms with van der Waals surface area (Å²) in [4.78, 5) is 18.2. The quantitative estimate of drug-likeness (QED) is 0.537. The Morgan fingerprint density at radius 3 is 2.63 bits per heavy atom. The van der Waals surface area contributed by atoms with Crippen LogP contribution >= 0.6 is 11.3 Å². The van der Waals surface area contributed by atoms with Crippen LogP contribution in [0.3, 0.4) is 0 Å². The van der Waals surface area contributed by atoms with Crippen molar-refractivity contribution in [1.82, 2.24) is 4.90 Å². The second kappa shape index (κ2) is 9.45. The van der Waals surface area contributed by atoms with Crippen LogP contribution in [0.25, 0.3) is 0 Å². The summed E-state index contributed by atoms with van der Waals surface area (Å²) in [6.45, 7) is 5.03. The third-order valence-electron chi connectivity index (χ3n) is 5.74. The Morgan fingerprint density at radius 2 is 1.93 bits per heavy atom. The minimum absolute atomic E-state index is 0.00864. The second-order valence-electron chi connectivity index (χ2n) is 7.85. The molecule has 0 radical (unpaired) electrons. The molecule has 0 aliphatic carbocycles. The molecule has 0 atom stereocenters. The molecular formula is C25H28N2O2S. The van der Waals surface area contributed by atoms with Gasteiger partial charge in [-0.25, -0.2) is 0 Å². The summed E-state index contributed by atoms with van der Waals surface area (Å²) in [5.41, 5.74) is 4.10. The summed E-state index contributed by atoms with van der Waals surface area (Å²) in [5.74, 6) is 0.629. The zero-order valence-electron chi connectivity index (χ0n) is 17.6. The lowest BCUT2D eigenvalue weighted by molar-refractivity contribution is 0.0955. The highest BCUT2D eigenvalue weighted by atomic mass is 32.1. The number of benzene rings is 2. The lowest BCUT2D eigenvalue weighted by Gasteiger charge is -2.39. The number of anilines is 1. The van der Waals surface area contributed by atoms with Crippen LogP contribution < -0.4 is 9.64 Å². The average molecular weight is 421 g/mol. The molecule has 2 heterocycles. The SMILES string of the molecule is COc1ccccc1C(=O)N(c1cccc(C)c1)C1CCN(Cc2ccsc2)CC1. The summed E-state index contributed by atoms with van der Waals surface area (Å²) < 4.78 is 5.48. The predicted molar refractivity (Wildman–Crippen MR) is 124 cm³/mol. The molecule has 1 aromatic heterocycles. The first-order chi connectivity index (χ1) is 14.7. The molecule has 4 nitrogen and oxygen atoms in total. The van der Waals surface area contributed by atoms with Crippen LogP contribution in [-0.4, -0.2) is 37.0 Å². The first-order valence-corrected chi connectivity index (χ1v) is 11.4. The van der Waals surface area contributed by atoms with E-state index in [1.165, 1.54) is 5.56 Å². The minimum atomic E-state index is 0.00864. The molecular weight excluding hydrogens is 392 g/mol. The predicted octanol–water partition coefficient (Wildman–Crippen LogP) is 5.38. The van der Waals surface area contributed by atoms with Gasteiger partial charge in [-0.2, -0.15) is 11.3 Å². The van der Waals surface area contributed by atoms with Crippen LogP contribution in [0.5, 0.6) is 5.75 Å². The van der Waals surface area contributed by atoms with Crippen LogP contribution in [-0.2, 0) is 6.54 Å². The van der Waals surface area contributed by atoms with Gasteiger partial charge in [-0.3, -0.25) is 9.69 Å². The van der Waals surface area contributed by atoms with E-state index in [1.54, 1.807) is 18.4 Å². The number of hydrogen-bond acceptors (Lipinski definition) is 4. The summed E-state index contributed by atoms with van der Waals surface area (Å²) in [6, 6.07) is 18.1. The average Bonchev–Trinajstić information content (AvgIpc) is 3.28. The summed E-state index contributed by atoms with van der Waals surface area (Å²) >= 11 is 1.75. The summed E-state index contributed by atoms with van der Waals surface area (Å²) in [5, 5.41) is 4.35. The maximum Gasteiger partial charge on any atom is 0.262 e. The molecule has 0 unspecified atom stereocenters. The Kier molecular flexibility index (Phi) is 6.50. The minimum Gasteiger partial charge on any atom is -0.496 e. The van der Waals surface area contributed by atoms with E-state index in [1.807, 2.05) is 41.3 Å². The van der Waals surface area contributed by atoms with Crippen LogP contribution in [0.15, 0.2) is 65.4 Å². The molecule has 3 aromatic rings. The molecule has 30 heavy (non-hydrogen) atoms.